The molecule has 47 nitrogen and oxygen atoms in total. The fourth-order valence-corrected chi connectivity index (χ4v) is 25.8. The second-order valence-electron chi connectivity index (χ2n) is 43.0. The van der Waals surface area contributed by atoms with Gasteiger partial charge in [0.15, 0.2) is 127 Å². The third kappa shape index (κ3) is 25.1. The molecule has 148 heavy (non-hydrogen) atoms. The molecular formula is C92H130N22O25P3S2Si4+. The number of rotatable bonds is 42. The smallest absolute Gasteiger partial charge is 0.408 e. The van der Waals surface area contributed by atoms with Gasteiger partial charge in [-0.1, -0.05) is 147 Å². The Morgan fingerprint density at radius 3 is 1.06 bits per heavy atom. The molecule has 0 bridgehead atoms. The van der Waals surface area contributed by atoms with Crippen molar-refractivity contribution in [1.82, 2.24) is 78.1 Å². The number of aliphatic hydroxyl groups is 2. The van der Waals surface area contributed by atoms with Crippen LogP contribution in [0.3, 0.4) is 0 Å². The van der Waals surface area contributed by atoms with Gasteiger partial charge in [0, 0.05) is 27.5 Å². The van der Waals surface area contributed by atoms with Crippen LogP contribution in [-0.2, 0) is 111 Å². The monoisotopic (exact) mass is 2210 g/mol. The van der Waals surface area contributed by atoms with Crippen molar-refractivity contribution in [1.29, 1.82) is 10.5 Å². The zero-order valence-corrected chi connectivity index (χ0v) is 95.2. The molecule has 14 rings (SSSR count). The highest BCUT2D eigenvalue weighted by Gasteiger charge is 2.63. The van der Waals surface area contributed by atoms with Crippen LogP contribution >= 0.6 is 21.7 Å². The number of aromatic nitrogens is 16. The number of nitrogens with zero attached hydrogens (tertiary/aromatic N) is 16. The number of fused-ring (bicyclic) bond motifs is 4. The zero-order chi connectivity index (χ0) is 108. The minimum atomic E-state index is -4.52. The molecule has 10 aromatic rings. The number of nitriles is 2. The van der Waals surface area contributed by atoms with Gasteiger partial charge in [0.1, 0.15) is 73.7 Å². The van der Waals surface area contributed by atoms with Gasteiger partial charge >= 0.3 is 21.7 Å². The minimum absolute atomic E-state index is 0.0315. The summed E-state index contributed by atoms with van der Waals surface area (Å²) in [7, 11) is -16.3. The van der Waals surface area contributed by atoms with Crippen LogP contribution in [0, 0.1) is 34.5 Å². The second kappa shape index (κ2) is 45.5. The Hall–Kier alpha value is -9.35. The average Bonchev–Trinajstić information content (AvgIpc) is 1.60. The lowest BCUT2D eigenvalue weighted by Crippen LogP contribution is -2.51. The molecule has 4 aliphatic rings. The van der Waals surface area contributed by atoms with Gasteiger partial charge in [-0.15, -0.1) is 9.05 Å². The highest BCUT2D eigenvalue weighted by Crippen LogP contribution is 2.60. The van der Waals surface area contributed by atoms with Gasteiger partial charge in [0.25, 0.3) is 22.9 Å². The molecule has 2 unspecified atom stereocenters. The molecule has 4 amide bonds. The number of carbonyl (C=O) groups excluding carboxylic acids is 4. The Kier molecular flexibility index (Phi) is 35.1. The summed E-state index contributed by atoms with van der Waals surface area (Å²) in [5.41, 5.74) is -1.28. The summed E-state index contributed by atoms with van der Waals surface area (Å²) in [6.45, 7) is 33.9. The molecule has 4 aliphatic heterocycles. The summed E-state index contributed by atoms with van der Waals surface area (Å²) in [4.78, 5) is 134. The van der Waals surface area contributed by atoms with Crippen molar-refractivity contribution >= 4 is 170 Å². The summed E-state index contributed by atoms with van der Waals surface area (Å²) >= 11 is 13.2. The molecule has 18 atom stereocenters. The predicted molar refractivity (Wildman–Crippen MR) is 561 cm³/mol. The van der Waals surface area contributed by atoms with Gasteiger partial charge < -0.3 is 75.6 Å². The average molecular weight is 2210 g/mol. The lowest BCUT2D eigenvalue weighted by molar-refractivity contribution is -0.119. The first-order valence-electron chi connectivity index (χ1n) is 48.3. The summed E-state index contributed by atoms with van der Waals surface area (Å²) < 4.78 is 137. The molecule has 800 valence electrons. The highest BCUT2D eigenvalue weighted by atomic mass is 32.5. The Morgan fingerprint density at radius 1 is 0.446 bits per heavy atom. The van der Waals surface area contributed by atoms with Crippen molar-refractivity contribution in [3.8, 4) is 12.1 Å². The van der Waals surface area contributed by atoms with Gasteiger partial charge in [0.2, 0.25) is 23.7 Å². The van der Waals surface area contributed by atoms with Crippen LogP contribution in [0.1, 0.15) is 169 Å². The Labute approximate surface area is 870 Å². The Morgan fingerprint density at radius 2 is 0.750 bits per heavy atom. The SMILES string of the molecule is CC(C)C(=O)Nc1nc2c(ncn2[C@@H]2O[C@H](CO)[C@@H](O[Si](C)(C)C(C)(C)C)[C@H]2OP(=S)(OCCC#N)OC[C@H]2O[C@@H](n3cnc4c(NC(=O)c5ccccc5)ncnc43)[C@H](O[P+](=O)O[C@@H]3[C@H](O[Si](C)(C)C(C)(C)C)[C@@H](COP(=S)(OCCC#N)O[C@@H]4[C@H](O[Si](C)(C)C(C)(C)C)[C@@H](CO)O[C@H]4n4cnc5c(=O)[nH]c(NC(=O)C(C)C)nc54)O[C@H]3n3cnc4c(NC(=O)c5ccccc5)ncnc43)[C@@H]2O[Si](C)(C)C(C)(C)C)c(=O)[nH]1. The maximum Gasteiger partial charge on any atom is 0.698 e. The molecule has 8 N–H and O–H groups in total. The number of nitrogens with one attached hydrogen (secondary N) is 6. The third-order valence-electron chi connectivity index (χ3n) is 27.8. The van der Waals surface area contributed by atoms with Gasteiger partial charge in [-0.25, -0.2) is 39.9 Å². The Bertz CT molecular complexity index is 6430. The number of aromatic amines is 2. The van der Waals surface area contributed by atoms with E-state index in [1.807, 2.05) is 135 Å². The van der Waals surface area contributed by atoms with E-state index >= 15 is 4.57 Å². The van der Waals surface area contributed by atoms with E-state index in [0.717, 1.165) is 0 Å². The number of H-pyrrole nitrogens is 2. The van der Waals surface area contributed by atoms with Crippen molar-refractivity contribution < 1.29 is 107 Å². The van der Waals surface area contributed by atoms with Crippen LogP contribution < -0.4 is 32.4 Å². The number of aliphatic hydroxyl groups excluding tert-OH is 2. The molecule has 2 aromatic carbocycles. The van der Waals surface area contributed by atoms with Crippen molar-refractivity contribution in [2.45, 2.75) is 294 Å². The molecular weight excluding hydrogens is 2080 g/mol. The molecule has 56 heteroatoms. The lowest BCUT2D eigenvalue weighted by atomic mass is 10.1. The van der Waals surface area contributed by atoms with E-state index in [1.165, 1.54) is 56.2 Å². The van der Waals surface area contributed by atoms with E-state index < -0.39 is 259 Å². The van der Waals surface area contributed by atoms with Gasteiger partial charge in [-0.05, 0) is 120 Å². The quantitative estimate of drug-likeness (QED) is 0.0100. The van der Waals surface area contributed by atoms with Crippen LogP contribution in [0.2, 0.25) is 72.5 Å². The van der Waals surface area contributed by atoms with Crippen molar-refractivity contribution in [2.24, 2.45) is 11.8 Å². The number of ether oxygens (including phenoxy) is 4. The number of imidazole rings is 4. The summed E-state index contributed by atoms with van der Waals surface area (Å²) in [5.74, 6) is -3.61. The number of carbonyl (C=O) groups is 4. The molecule has 12 heterocycles. The minimum Gasteiger partial charge on any atom is -0.408 e. The van der Waals surface area contributed by atoms with E-state index in [1.54, 1.807) is 88.4 Å². The van der Waals surface area contributed by atoms with Crippen LogP contribution in [0.4, 0.5) is 23.5 Å². The zero-order valence-electron chi connectivity index (χ0n) is 86.9. The highest BCUT2D eigenvalue weighted by molar-refractivity contribution is 8.07. The van der Waals surface area contributed by atoms with Crippen LogP contribution in [0.25, 0.3) is 44.7 Å². The van der Waals surface area contributed by atoms with E-state index in [4.69, 9.17) is 116 Å². The summed E-state index contributed by atoms with van der Waals surface area (Å²) in [6.07, 6.45) is -15.8. The fourth-order valence-electron chi connectivity index (χ4n) is 15.5. The van der Waals surface area contributed by atoms with Crippen LogP contribution in [-0.4, -0.2) is 258 Å². The first-order valence-corrected chi connectivity index (χ1v) is 66.2. The van der Waals surface area contributed by atoms with Gasteiger partial charge in [-0.3, -0.25) is 76.7 Å². The van der Waals surface area contributed by atoms with E-state index in [-0.39, 0.29) is 92.2 Å². The fraction of sp³-hybridized carbons (Fsp3) is 0.587. The van der Waals surface area contributed by atoms with E-state index in [0.29, 0.717) is 0 Å². The maximum absolute atomic E-state index is 16.9. The normalized spacial score (nSPS) is 23.8. The first-order chi connectivity index (χ1) is 69.4. The molecule has 0 spiro atoms. The van der Waals surface area contributed by atoms with Crippen LogP contribution in [0.15, 0.2) is 108 Å². The number of anilines is 4. The van der Waals surface area contributed by atoms with Gasteiger partial charge in [-0.2, -0.15) is 20.5 Å². The molecule has 0 saturated carbocycles. The third-order valence-corrected chi connectivity index (χ3v) is 51.3. The number of hydrogen-bond donors (Lipinski definition) is 8. The first kappa shape index (κ1) is 114. The number of benzene rings is 2. The van der Waals surface area contributed by atoms with Crippen molar-refractivity contribution in [3.05, 3.63) is 130 Å². The van der Waals surface area contributed by atoms with Gasteiger partial charge in [0.05, 0.1) is 89.9 Å². The Balaban J connectivity index is 0.902. The maximum atomic E-state index is 16.9. The summed E-state index contributed by atoms with van der Waals surface area (Å²) in [5, 5.41) is 52.2. The molecule has 4 fully saturated rings. The molecule has 8 aromatic heterocycles. The standard InChI is InChI=1S/C92H129N22O25P3S2Si4/c1-51(2)77(117)107-87-105-75-61(81(121)109-87)101-49-113(75)85-69(63(55(41-115)128-85)136-145(17,18)89(5,6)7)134-141(143,124-39-31-37-93)126-43-57-65(138-147(21,22)91(11,12)13)67(83(130-57)111-47-99-59-71(95-45-97-73(59)111)103-79(119)53-33-27-25-28-34-53)132-140(123)133-68-66(139-148(23,24)92(14,15)16)58(131-84(68)112-48-100-60-72(96-46-98-74(60)112)104-80(120)54-35-29-26-30-36-54)44-127-142(144,125-40-32-38-94)135-70-64(137-146(19,20)90(8,9)10)56(42-116)129-86(70)114-50-102-62-76(114)106-88(110-82(62)122)108-78(118)52(3)4/h25-30,33-36,45-52,55-58,63-70,83-86,115-116H,31-32,39-44H2,1-24H3,(H5-,95,96,97,98,103,104,105,106,107,108,109,110,117,118,119,120,121,122)/p+1/t55-,56-,57-,58-,63-,64-,65-,66-,67-,68-,69-,70-,83-,84-,85-,86-,141?,142?/m1/s1. The van der Waals surface area contributed by atoms with Crippen molar-refractivity contribution in [3.63, 3.8) is 0 Å². The lowest BCUT2D eigenvalue weighted by Gasteiger charge is -2.41. The van der Waals surface area contributed by atoms with Crippen LogP contribution in [0.5, 0.6) is 0 Å². The predicted octanol–water partition coefficient (Wildman–Crippen LogP) is 14.3. The van der Waals surface area contributed by atoms with Crippen molar-refractivity contribution in [2.75, 3.05) is 60.9 Å². The second-order valence-corrected chi connectivity index (χ2v) is 68.8. The molecule has 0 radical (unpaired) electrons. The number of hydrogen-bond acceptors (Lipinski definition) is 39. The topological polar surface area (TPSA) is 584 Å². The summed E-state index contributed by atoms with van der Waals surface area (Å²) in [6, 6.07) is 20.9. The molecule has 0 aliphatic carbocycles. The van der Waals surface area contributed by atoms with E-state index in [9.17, 15) is 49.5 Å². The number of amides is 4. The largest absolute Gasteiger partial charge is 0.698 e. The van der Waals surface area contributed by atoms with E-state index in [2.05, 4.69) is 73.3 Å². The molecule has 4 saturated heterocycles.